The fourth-order valence-corrected chi connectivity index (χ4v) is 9.99. The van der Waals surface area contributed by atoms with Gasteiger partial charge in [-0.05, 0) is 146 Å². The molecule has 4 aliphatic rings. The standard InChI is InChI=1S/C28H30F2N6O.C26H27F2N7O.ClH/c1-17(2)36-10-11-37-28-22(29)12-19(13-25(28)36)27-23(30)16-32-26(34-27)14-20-4-5-21(24(15-31)33-20)18-6-8-35(3)9-7-18;1-15(2)35-9-10-36-25-19(27)11-17(12-22(25)35)24-20(28)14-31-26(34-24)33-23-4-3-18(21(13-29)32-23)16-5-7-30-8-6-16;/h4-5,12-13,16-18H,6-11,14H2,1-3H3;3-4,11-12,14-16,30H,5-10H2,1-2H3,(H,31,32,33,34);1H. The molecule has 4 aromatic heterocycles. The van der Waals surface area contributed by atoms with Crippen LogP contribution in [0.4, 0.5) is 40.7 Å². The lowest BCUT2D eigenvalue weighted by Crippen LogP contribution is -2.38. The Morgan fingerprint density at radius 3 is 1.76 bits per heavy atom. The van der Waals surface area contributed by atoms with E-state index in [2.05, 4.69) is 64.6 Å². The summed E-state index contributed by atoms with van der Waals surface area (Å²) in [5, 5.41) is 25.7. The second kappa shape index (κ2) is 23.3. The number of hydrogen-bond donors (Lipinski definition) is 2. The molecule has 74 heavy (non-hydrogen) atoms. The molecule has 0 aliphatic carbocycles. The van der Waals surface area contributed by atoms with Crippen LogP contribution >= 0.6 is 12.4 Å². The van der Waals surface area contributed by atoms with E-state index in [1.54, 1.807) is 18.2 Å². The molecule has 20 heteroatoms. The van der Waals surface area contributed by atoms with Crippen molar-refractivity contribution in [1.29, 1.82) is 10.5 Å². The molecule has 0 saturated carbocycles. The van der Waals surface area contributed by atoms with Crippen LogP contribution in [0.15, 0.2) is 60.9 Å². The average molecular weight is 1030 g/mol. The zero-order chi connectivity index (χ0) is 51.3. The van der Waals surface area contributed by atoms with Crippen molar-refractivity contribution >= 4 is 35.5 Å². The third kappa shape index (κ3) is 11.6. The maximum atomic E-state index is 15.0. The van der Waals surface area contributed by atoms with Crippen molar-refractivity contribution in [2.45, 2.75) is 83.7 Å². The van der Waals surface area contributed by atoms with Gasteiger partial charge in [0.2, 0.25) is 5.95 Å². The van der Waals surface area contributed by atoms with Crippen LogP contribution in [-0.4, -0.2) is 106 Å². The SMILES string of the molecule is CC(C)N1CCOc2c(F)cc(-c3nc(Cc4ccc(C5CCN(C)CC5)c(C#N)n4)ncc3F)cc21.CC(C)N1CCOc2c(F)cc(-c3nc(Nc4ccc(C5CCNCC5)c(C#N)n4)ncc3F)cc21.Cl. The first-order valence-corrected chi connectivity index (χ1v) is 24.8. The Kier molecular flexibility index (Phi) is 16.8. The van der Waals surface area contributed by atoms with Gasteiger partial charge in [0.25, 0.3) is 0 Å². The van der Waals surface area contributed by atoms with Crippen molar-refractivity contribution in [3.05, 3.63) is 118 Å². The van der Waals surface area contributed by atoms with E-state index in [1.807, 2.05) is 55.7 Å². The van der Waals surface area contributed by atoms with E-state index in [4.69, 9.17) is 9.47 Å². The van der Waals surface area contributed by atoms with Crippen molar-refractivity contribution in [1.82, 2.24) is 40.1 Å². The Morgan fingerprint density at radius 2 is 1.19 bits per heavy atom. The van der Waals surface area contributed by atoms with Crippen molar-refractivity contribution in [3.8, 4) is 46.2 Å². The molecule has 2 saturated heterocycles. The first-order valence-electron chi connectivity index (χ1n) is 24.8. The Morgan fingerprint density at radius 1 is 0.662 bits per heavy atom. The molecule has 8 heterocycles. The minimum absolute atomic E-state index is 0. The summed E-state index contributed by atoms with van der Waals surface area (Å²) in [4.78, 5) is 32.3. The summed E-state index contributed by atoms with van der Waals surface area (Å²) in [6.45, 7) is 13.8. The van der Waals surface area contributed by atoms with Gasteiger partial charge in [0.15, 0.2) is 34.8 Å². The lowest BCUT2D eigenvalue weighted by molar-refractivity contribution is 0.255. The normalized spacial score (nSPS) is 15.9. The lowest BCUT2D eigenvalue weighted by atomic mass is 9.88. The Labute approximate surface area is 434 Å². The molecule has 4 aliphatic heterocycles. The molecule has 2 aromatic carbocycles. The molecule has 0 unspecified atom stereocenters. The van der Waals surface area contributed by atoms with Gasteiger partial charge in [0.1, 0.15) is 59.8 Å². The van der Waals surface area contributed by atoms with Crippen LogP contribution in [0.3, 0.4) is 0 Å². The Bertz CT molecular complexity index is 3080. The number of halogens is 5. The largest absolute Gasteiger partial charge is 0.486 e. The number of benzene rings is 2. The number of aromatic nitrogens is 6. The number of likely N-dealkylation sites (tertiary alicyclic amines) is 1. The summed E-state index contributed by atoms with van der Waals surface area (Å²) >= 11 is 0. The van der Waals surface area contributed by atoms with Gasteiger partial charge in [-0.2, -0.15) is 10.5 Å². The summed E-state index contributed by atoms with van der Waals surface area (Å²) in [6, 6.07) is 18.1. The molecule has 0 atom stereocenters. The van der Waals surface area contributed by atoms with Crippen LogP contribution in [0.1, 0.15) is 99.2 Å². The van der Waals surface area contributed by atoms with Crippen LogP contribution in [-0.2, 0) is 6.42 Å². The molecule has 386 valence electrons. The topological polar surface area (TPSA) is 177 Å². The number of anilines is 4. The number of ether oxygens (including phenoxy) is 2. The maximum absolute atomic E-state index is 15.0. The highest BCUT2D eigenvalue weighted by Gasteiger charge is 2.29. The number of piperidine rings is 2. The van der Waals surface area contributed by atoms with Gasteiger partial charge < -0.3 is 34.8 Å². The number of fused-ring (bicyclic) bond motifs is 2. The molecular weight excluding hydrogens is 974 g/mol. The van der Waals surface area contributed by atoms with Crippen molar-refractivity contribution in [2.24, 2.45) is 0 Å². The van der Waals surface area contributed by atoms with E-state index in [0.717, 1.165) is 75.4 Å². The third-order valence-corrected chi connectivity index (χ3v) is 13.8. The quantitative estimate of drug-likeness (QED) is 0.124. The number of rotatable bonds is 10. The minimum Gasteiger partial charge on any atom is -0.486 e. The van der Waals surface area contributed by atoms with Crippen LogP contribution in [0.5, 0.6) is 11.5 Å². The van der Waals surface area contributed by atoms with E-state index in [0.29, 0.717) is 77.9 Å². The molecule has 0 bridgehead atoms. The molecule has 6 aromatic rings. The average Bonchev–Trinajstić information content (AvgIpc) is 3.40. The molecule has 0 radical (unpaired) electrons. The van der Waals surface area contributed by atoms with Crippen LogP contribution in [0.25, 0.3) is 22.5 Å². The maximum Gasteiger partial charge on any atom is 0.229 e. The van der Waals surface area contributed by atoms with Gasteiger partial charge in [-0.25, -0.2) is 47.5 Å². The summed E-state index contributed by atoms with van der Waals surface area (Å²) < 4.78 is 70.7. The monoisotopic (exact) mass is 1030 g/mol. The fraction of sp³-hybridized carbons (Fsp3) is 0.407. The zero-order valence-corrected chi connectivity index (χ0v) is 42.7. The van der Waals surface area contributed by atoms with Gasteiger partial charge in [-0.1, -0.05) is 12.1 Å². The van der Waals surface area contributed by atoms with Crippen molar-refractivity contribution in [2.75, 3.05) is 74.6 Å². The van der Waals surface area contributed by atoms with Gasteiger partial charge in [0.05, 0.1) is 43.3 Å². The molecule has 0 spiro atoms. The van der Waals surface area contributed by atoms with Gasteiger partial charge in [-0.15, -0.1) is 12.4 Å². The number of nitriles is 2. The zero-order valence-electron chi connectivity index (χ0n) is 41.9. The summed E-state index contributed by atoms with van der Waals surface area (Å²) in [7, 11) is 2.10. The first-order chi connectivity index (χ1) is 35.3. The third-order valence-electron chi connectivity index (χ3n) is 13.8. The molecule has 2 fully saturated rings. The lowest BCUT2D eigenvalue weighted by Gasteiger charge is -2.34. The van der Waals surface area contributed by atoms with Crippen LogP contribution in [0, 0.1) is 45.9 Å². The second-order valence-electron chi connectivity index (χ2n) is 19.3. The Hall–Kier alpha value is -7.19. The van der Waals surface area contributed by atoms with Gasteiger partial charge >= 0.3 is 0 Å². The summed E-state index contributed by atoms with van der Waals surface area (Å²) in [6.07, 6.45) is 6.25. The predicted octanol–water partition coefficient (Wildman–Crippen LogP) is 9.62. The first kappa shape index (κ1) is 53.1. The highest BCUT2D eigenvalue weighted by atomic mass is 35.5. The molecule has 0 amide bonds. The highest BCUT2D eigenvalue weighted by molar-refractivity contribution is 5.85. The predicted molar refractivity (Wildman–Crippen MR) is 276 cm³/mol. The highest BCUT2D eigenvalue weighted by Crippen LogP contribution is 2.41. The van der Waals surface area contributed by atoms with Crippen LogP contribution < -0.4 is 29.9 Å². The van der Waals surface area contributed by atoms with Crippen molar-refractivity contribution in [3.63, 3.8) is 0 Å². The van der Waals surface area contributed by atoms with Gasteiger partial charge in [-0.3, -0.25) is 0 Å². The molecule has 15 nitrogen and oxygen atoms in total. The molecule has 10 rings (SSSR count). The van der Waals surface area contributed by atoms with Gasteiger partial charge in [0, 0.05) is 28.9 Å². The smallest absolute Gasteiger partial charge is 0.229 e. The second-order valence-corrected chi connectivity index (χ2v) is 19.3. The van der Waals surface area contributed by atoms with E-state index in [-0.39, 0.29) is 71.2 Å². The molecule has 2 N–H and O–H groups in total. The number of pyridine rings is 2. The van der Waals surface area contributed by atoms with Crippen LogP contribution in [0.2, 0.25) is 0 Å². The number of nitrogens with zero attached hydrogens (tertiary/aromatic N) is 11. The van der Waals surface area contributed by atoms with E-state index in [1.165, 1.54) is 12.1 Å². The molecular formula is C54H58ClF4N13O2. The van der Waals surface area contributed by atoms with E-state index in [9.17, 15) is 28.1 Å². The minimum atomic E-state index is -0.681. The number of nitrogens with one attached hydrogen (secondary N) is 2. The summed E-state index contributed by atoms with van der Waals surface area (Å²) in [5.74, 6) is -0.709. The fourth-order valence-electron chi connectivity index (χ4n) is 9.99. The number of hydrogen-bond acceptors (Lipinski definition) is 15. The van der Waals surface area contributed by atoms with E-state index < -0.39 is 23.3 Å². The van der Waals surface area contributed by atoms with Crippen molar-refractivity contribution < 1.29 is 27.0 Å². The van der Waals surface area contributed by atoms with E-state index >= 15 is 0 Å². The summed E-state index contributed by atoms with van der Waals surface area (Å²) in [5.41, 5.74) is 5.00. The Balaban J connectivity index is 0.000000194.